The van der Waals surface area contributed by atoms with Crippen LogP contribution in [0.25, 0.3) is 0 Å². The molecule has 0 aromatic carbocycles. The average molecular weight is 334 g/mol. The largest absolute Gasteiger partial charge is 0.462 e. The van der Waals surface area contributed by atoms with E-state index in [1.807, 2.05) is 0 Å². The second kappa shape index (κ2) is 6.49. The van der Waals surface area contributed by atoms with E-state index < -0.39 is 30.4 Å². The molecule has 2 atom stereocenters. The highest BCUT2D eigenvalue weighted by atomic mass is 35.5. The molecular weight excluding hydrogens is 317 g/mol. The van der Waals surface area contributed by atoms with Crippen LogP contribution in [0.5, 0.6) is 0 Å². The summed E-state index contributed by atoms with van der Waals surface area (Å²) in [6.07, 6.45) is 1.40. The highest BCUT2D eigenvalue weighted by molar-refractivity contribution is 6.22. The number of imidazole rings is 1. The maximum Gasteiger partial charge on any atom is 0.302 e. The molecule has 2 rings (SSSR count). The zero-order valence-corrected chi connectivity index (χ0v) is 12.7. The molecule has 0 fully saturated rings. The van der Waals surface area contributed by atoms with Crippen molar-refractivity contribution >= 4 is 29.3 Å². The number of guanidine groups is 1. The van der Waals surface area contributed by atoms with Gasteiger partial charge in [-0.05, 0) is 0 Å². The van der Waals surface area contributed by atoms with Gasteiger partial charge in [-0.25, -0.2) is 14.4 Å². The molecule has 0 saturated carbocycles. The number of fused-ring (bicyclic) bond motifs is 1. The summed E-state index contributed by atoms with van der Waals surface area (Å²) in [6, 6.07) is 0. The SMILES string of the molecule is CC(=O)OCC(F)(CO)CCn1cnc2c1NC(N)=NC2Cl. The van der Waals surface area contributed by atoms with E-state index in [-0.39, 0.29) is 18.9 Å². The number of hydrogen-bond donors (Lipinski definition) is 3. The van der Waals surface area contributed by atoms with E-state index in [9.17, 15) is 14.3 Å². The molecule has 1 aromatic heterocycles. The Hall–Kier alpha value is -1.87. The van der Waals surface area contributed by atoms with Crippen molar-refractivity contribution in [1.82, 2.24) is 9.55 Å². The van der Waals surface area contributed by atoms with E-state index in [0.29, 0.717) is 11.5 Å². The van der Waals surface area contributed by atoms with Gasteiger partial charge in [0.05, 0.1) is 12.9 Å². The van der Waals surface area contributed by atoms with Crippen molar-refractivity contribution in [3.8, 4) is 0 Å². The predicted octanol–water partition coefficient (Wildman–Crippen LogP) is 0.515. The van der Waals surface area contributed by atoms with Crippen LogP contribution in [0.1, 0.15) is 24.5 Å². The van der Waals surface area contributed by atoms with E-state index in [4.69, 9.17) is 17.3 Å². The van der Waals surface area contributed by atoms with E-state index in [2.05, 4.69) is 20.0 Å². The van der Waals surface area contributed by atoms with Gasteiger partial charge in [-0.1, -0.05) is 11.6 Å². The Kier molecular flexibility index (Phi) is 4.87. The minimum atomic E-state index is -2.03. The standard InChI is InChI=1S/C12H17ClFN5O3/c1-7(21)22-5-12(14,4-20)2-3-19-6-16-8-9(13)17-11(15)18-10(8)19/h6,9,20H,2-5H2,1H3,(H3,15,17,18). The number of halogens is 2. The monoisotopic (exact) mass is 333 g/mol. The highest BCUT2D eigenvalue weighted by Gasteiger charge is 2.31. The van der Waals surface area contributed by atoms with Crippen LogP contribution < -0.4 is 11.1 Å². The number of aryl methyl sites for hydroxylation is 1. The quantitative estimate of drug-likeness (QED) is 0.397. The van der Waals surface area contributed by atoms with E-state index in [1.165, 1.54) is 13.3 Å². The van der Waals surface area contributed by atoms with Gasteiger partial charge in [0.2, 0.25) is 0 Å². The molecular formula is C12H17ClFN5O3. The molecule has 2 unspecified atom stereocenters. The topological polar surface area (TPSA) is 115 Å². The smallest absolute Gasteiger partial charge is 0.302 e. The molecule has 1 aromatic rings. The number of carbonyl (C=O) groups excluding carboxylic acids is 1. The first kappa shape index (κ1) is 16.5. The minimum Gasteiger partial charge on any atom is -0.462 e. The maximum atomic E-state index is 14.4. The summed E-state index contributed by atoms with van der Waals surface area (Å²) in [5.41, 5.74) is 3.36. The number of nitrogens with one attached hydrogen (secondary N) is 1. The number of hydrogen-bond acceptors (Lipinski definition) is 7. The summed E-state index contributed by atoms with van der Waals surface area (Å²) in [4.78, 5) is 18.8. The van der Waals surface area contributed by atoms with Gasteiger partial charge in [0.15, 0.2) is 17.1 Å². The Labute approximate surface area is 131 Å². The van der Waals surface area contributed by atoms with Crippen LogP contribution in [-0.2, 0) is 16.1 Å². The average Bonchev–Trinajstić information content (AvgIpc) is 2.86. The van der Waals surface area contributed by atoms with E-state index in [1.54, 1.807) is 4.57 Å². The second-order valence-corrected chi connectivity index (χ2v) is 5.40. The number of ether oxygens (including phenoxy) is 1. The highest BCUT2D eigenvalue weighted by Crippen LogP contribution is 2.31. The Balaban J connectivity index is 2.05. The number of nitrogens with zero attached hydrogens (tertiary/aromatic N) is 3. The summed E-state index contributed by atoms with van der Waals surface area (Å²) in [6.45, 7) is 0.0957. The van der Waals surface area contributed by atoms with Crippen molar-refractivity contribution in [2.24, 2.45) is 10.7 Å². The van der Waals surface area contributed by atoms with Crippen molar-refractivity contribution < 1.29 is 19.0 Å². The number of aliphatic hydroxyl groups is 1. The molecule has 1 aliphatic rings. The molecule has 2 heterocycles. The maximum absolute atomic E-state index is 14.4. The summed E-state index contributed by atoms with van der Waals surface area (Å²) in [7, 11) is 0. The lowest BCUT2D eigenvalue weighted by molar-refractivity contribution is -0.147. The van der Waals surface area contributed by atoms with Crippen LogP contribution in [0, 0.1) is 0 Å². The van der Waals surface area contributed by atoms with Crippen LogP contribution >= 0.6 is 11.6 Å². The van der Waals surface area contributed by atoms with Crippen LogP contribution in [0.4, 0.5) is 10.2 Å². The third-order valence-electron chi connectivity index (χ3n) is 3.21. The van der Waals surface area contributed by atoms with Gasteiger partial charge in [-0.15, -0.1) is 0 Å². The van der Waals surface area contributed by atoms with Gasteiger partial charge in [-0.2, -0.15) is 0 Å². The minimum absolute atomic E-state index is 0.0781. The molecule has 0 bridgehead atoms. The molecule has 1 aliphatic heterocycles. The summed E-state index contributed by atoms with van der Waals surface area (Å²) in [5, 5.41) is 12.0. The summed E-state index contributed by atoms with van der Waals surface area (Å²) in [5.74, 6) is 0.0641. The van der Waals surface area contributed by atoms with Gasteiger partial charge in [0.25, 0.3) is 0 Å². The molecule has 0 radical (unpaired) electrons. The second-order valence-electron chi connectivity index (χ2n) is 4.99. The first-order valence-corrected chi connectivity index (χ1v) is 7.01. The Morgan fingerprint density at radius 3 is 3.09 bits per heavy atom. The molecule has 22 heavy (non-hydrogen) atoms. The number of anilines is 1. The van der Waals surface area contributed by atoms with Crippen LogP contribution in [-0.4, -0.2) is 45.5 Å². The lowest BCUT2D eigenvalue weighted by Crippen LogP contribution is -2.36. The molecule has 0 saturated heterocycles. The van der Waals surface area contributed by atoms with Crippen molar-refractivity contribution in [3.05, 3.63) is 12.0 Å². The third-order valence-corrected chi connectivity index (χ3v) is 3.51. The third kappa shape index (κ3) is 3.66. The first-order valence-electron chi connectivity index (χ1n) is 6.57. The molecule has 0 amide bonds. The van der Waals surface area contributed by atoms with Crippen LogP contribution in [0.3, 0.4) is 0 Å². The molecule has 8 nitrogen and oxygen atoms in total. The van der Waals surface area contributed by atoms with Gasteiger partial charge in [0.1, 0.15) is 18.1 Å². The lowest BCUT2D eigenvalue weighted by Gasteiger charge is -2.23. The van der Waals surface area contributed by atoms with Gasteiger partial charge >= 0.3 is 5.97 Å². The predicted molar refractivity (Wildman–Crippen MR) is 78.2 cm³/mol. The van der Waals surface area contributed by atoms with Crippen molar-refractivity contribution in [2.75, 3.05) is 18.5 Å². The number of aliphatic hydroxyl groups excluding tert-OH is 1. The van der Waals surface area contributed by atoms with Crippen LogP contribution in [0.2, 0.25) is 0 Å². The number of alkyl halides is 2. The molecule has 0 aliphatic carbocycles. The Morgan fingerprint density at radius 1 is 1.73 bits per heavy atom. The normalized spacial score (nSPS) is 19.6. The fraction of sp³-hybridized carbons (Fsp3) is 0.583. The molecule has 0 spiro atoms. The zero-order valence-electron chi connectivity index (χ0n) is 11.9. The van der Waals surface area contributed by atoms with Crippen molar-refractivity contribution in [1.29, 1.82) is 0 Å². The van der Waals surface area contributed by atoms with Gasteiger partial charge < -0.3 is 25.5 Å². The number of aliphatic imine (C=N–C) groups is 1. The fourth-order valence-corrected chi connectivity index (χ4v) is 2.23. The Morgan fingerprint density at radius 2 is 2.45 bits per heavy atom. The lowest BCUT2D eigenvalue weighted by atomic mass is 10.0. The summed E-state index contributed by atoms with van der Waals surface area (Å²) < 4.78 is 20.7. The van der Waals surface area contributed by atoms with Gasteiger partial charge in [0, 0.05) is 19.9 Å². The zero-order chi connectivity index (χ0) is 16.3. The molecule has 10 heteroatoms. The number of carbonyl (C=O) groups is 1. The van der Waals surface area contributed by atoms with E-state index >= 15 is 0 Å². The summed E-state index contributed by atoms with van der Waals surface area (Å²) >= 11 is 6.00. The number of esters is 1. The van der Waals surface area contributed by atoms with E-state index in [0.717, 1.165) is 0 Å². The molecule has 122 valence electrons. The molecule has 4 N–H and O–H groups in total. The first-order chi connectivity index (χ1) is 10.3. The number of rotatable bonds is 6. The van der Waals surface area contributed by atoms with Crippen molar-refractivity contribution in [3.63, 3.8) is 0 Å². The van der Waals surface area contributed by atoms with Gasteiger partial charge in [-0.3, -0.25) is 4.79 Å². The number of nitrogens with two attached hydrogens (primary N) is 1. The fourth-order valence-electron chi connectivity index (χ4n) is 1.96. The number of aromatic nitrogens is 2. The van der Waals surface area contributed by atoms with Crippen molar-refractivity contribution in [2.45, 2.75) is 31.1 Å². The Bertz CT molecular complexity index is 593. The van der Waals surface area contributed by atoms with Crippen LogP contribution in [0.15, 0.2) is 11.3 Å².